The number of aromatic nitrogens is 4. The van der Waals surface area contributed by atoms with E-state index in [1.54, 1.807) is 14.0 Å². The molecule has 0 fully saturated rings. The first-order chi connectivity index (χ1) is 7.59. The first-order valence-electron chi connectivity index (χ1n) is 4.46. The molecule has 8 heteroatoms. The molecule has 0 saturated heterocycles. The van der Waals surface area contributed by atoms with Gasteiger partial charge in [0, 0.05) is 7.05 Å². The van der Waals surface area contributed by atoms with E-state index in [9.17, 15) is 4.79 Å². The number of hydrogen-bond acceptors (Lipinski definition) is 6. The van der Waals surface area contributed by atoms with Gasteiger partial charge in [-0.3, -0.25) is 14.8 Å². The van der Waals surface area contributed by atoms with Gasteiger partial charge < -0.3 is 5.73 Å². The molecule has 3 N–H and O–H groups in total. The smallest absolute Gasteiger partial charge is 0.277 e. The Hall–Kier alpha value is -1.96. The Morgan fingerprint density at radius 1 is 1.62 bits per heavy atom. The van der Waals surface area contributed by atoms with Gasteiger partial charge in [0.2, 0.25) is 5.13 Å². The molecule has 7 nitrogen and oxygen atoms in total. The van der Waals surface area contributed by atoms with Gasteiger partial charge >= 0.3 is 0 Å². The minimum Gasteiger partial charge on any atom is -0.395 e. The van der Waals surface area contributed by atoms with Crippen LogP contribution in [0.2, 0.25) is 0 Å². The summed E-state index contributed by atoms with van der Waals surface area (Å²) in [5, 5.41) is 14.4. The van der Waals surface area contributed by atoms with Gasteiger partial charge in [0.25, 0.3) is 5.91 Å². The van der Waals surface area contributed by atoms with Gasteiger partial charge in [-0.25, -0.2) is 0 Å². The topological polar surface area (TPSA) is 98.7 Å². The lowest BCUT2D eigenvalue weighted by molar-refractivity contribution is 0.101. The second-order valence-electron chi connectivity index (χ2n) is 3.17. The van der Waals surface area contributed by atoms with Crippen LogP contribution in [0.3, 0.4) is 0 Å². The van der Waals surface area contributed by atoms with E-state index in [0.717, 1.165) is 0 Å². The van der Waals surface area contributed by atoms with Crippen molar-refractivity contribution >= 4 is 28.1 Å². The molecule has 84 valence electrons. The maximum atomic E-state index is 11.9. The summed E-state index contributed by atoms with van der Waals surface area (Å²) in [4.78, 5) is 11.9. The summed E-state index contributed by atoms with van der Waals surface area (Å²) >= 11 is 1.24. The molecule has 2 aromatic heterocycles. The lowest BCUT2D eigenvalue weighted by Crippen LogP contribution is -2.17. The highest BCUT2D eigenvalue weighted by Gasteiger charge is 2.18. The van der Waals surface area contributed by atoms with Crippen molar-refractivity contribution in [2.45, 2.75) is 6.92 Å². The largest absolute Gasteiger partial charge is 0.395 e. The molecule has 0 atom stereocenters. The Bertz CT molecular complexity index is 517. The lowest BCUT2D eigenvalue weighted by Gasteiger charge is -2.02. The number of anilines is 2. The van der Waals surface area contributed by atoms with Gasteiger partial charge in [-0.1, -0.05) is 11.3 Å². The number of carbonyl (C=O) groups is 1. The predicted octanol–water partition coefficient (Wildman–Crippen LogP) is 0.415. The SMILES string of the molecule is Cc1nn(C)c(C(=O)Nc2nncs2)c1N. The van der Waals surface area contributed by atoms with Gasteiger partial charge in [0.05, 0.1) is 11.4 Å². The molecule has 0 aliphatic carbocycles. The summed E-state index contributed by atoms with van der Waals surface area (Å²) < 4.78 is 1.45. The van der Waals surface area contributed by atoms with Crippen molar-refractivity contribution in [3.8, 4) is 0 Å². The number of nitrogens with zero attached hydrogens (tertiary/aromatic N) is 4. The molecule has 0 bridgehead atoms. The number of nitrogens with two attached hydrogens (primary N) is 1. The molecule has 0 aliphatic heterocycles. The zero-order chi connectivity index (χ0) is 11.7. The van der Waals surface area contributed by atoms with E-state index in [-0.39, 0.29) is 5.91 Å². The third-order valence-corrected chi connectivity index (χ3v) is 2.67. The molecular weight excluding hydrogens is 228 g/mol. The van der Waals surface area contributed by atoms with Crippen LogP contribution in [0.15, 0.2) is 5.51 Å². The van der Waals surface area contributed by atoms with Crippen molar-refractivity contribution in [2.75, 3.05) is 11.1 Å². The molecule has 2 rings (SSSR count). The Balaban J connectivity index is 2.27. The summed E-state index contributed by atoms with van der Waals surface area (Å²) in [6.07, 6.45) is 0. The Morgan fingerprint density at radius 2 is 2.38 bits per heavy atom. The van der Waals surface area contributed by atoms with Crippen LogP contribution in [-0.2, 0) is 7.05 Å². The maximum absolute atomic E-state index is 11.9. The number of nitrogens with one attached hydrogen (secondary N) is 1. The molecule has 1 amide bonds. The van der Waals surface area contributed by atoms with E-state index < -0.39 is 0 Å². The van der Waals surface area contributed by atoms with E-state index in [1.807, 2.05) is 0 Å². The van der Waals surface area contributed by atoms with Crippen LogP contribution in [0.1, 0.15) is 16.2 Å². The average molecular weight is 238 g/mol. The van der Waals surface area contributed by atoms with Crippen LogP contribution in [0.25, 0.3) is 0 Å². The third kappa shape index (κ3) is 1.74. The zero-order valence-electron chi connectivity index (χ0n) is 8.76. The Labute approximate surface area is 95.3 Å². The Kier molecular flexibility index (Phi) is 2.57. The monoisotopic (exact) mass is 238 g/mol. The van der Waals surface area contributed by atoms with Crippen molar-refractivity contribution in [3.63, 3.8) is 0 Å². The average Bonchev–Trinajstić information content (AvgIpc) is 2.77. The van der Waals surface area contributed by atoms with Crippen LogP contribution in [0.5, 0.6) is 0 Å². The second-order valence-corrected chi connectivity index (χ2v) is 4.00. The van der Waals surface area contributed by atoms with Crippen molar-refractivity contribution in [1.82, 2.24) is 20.0 Å². The van der Waals surface area contributed by atoms with E-state index in [4.69, 9.17) is 5.73 Å². The molecular formula is C8H10N6OS. The highest BCUT2D eigenvalue weighted by molar-refractivity contribution is 7.13. The molecule has 0 spiro atoms. The fourth-order valence-electron chi connectivity index (χ4n) is 1.33. The normalized spacial score (nSPS) is 10.4. The lowest BCUT2D eigenvalue weighted by atomic mass is 10.3. The molecule has 0 saturated carbocycles. The highest BCUT2D eigenvalue weighted by Crippen LogP contribution is 2.17. The fraction of sp³-hybridized carbons (Fsp3) is 0.250. The minimum atomic E-state index is -0.336. The summed E-state index contributed by atoms with van der Waals surface area (Å²) in [6.45, 7) is 1.75. The van der Waals surface area contributed by atoms with E-state index in [2.05, 4.69) is 20.6 Å². The summed E-state index contributed by atoms with van der Waals surface area (Å²) in [7, 11) is 1.67. The molecule has 16 heavy (non-hydrogen) atoms. The standard InChI is InChI=1S/C8H10N6OS/c1-4-5(9)6(14(2)13-4)7(15)11-8-12-10-3-16-8/h3H,9H2,1-2H3,(H,11,12,15). The van der Waals surface area contributed by atoms with E-state index in [0.29, 0.717) is 22.2 Å². The fourth-order valence-corrected chi connectivity index (χ4v) is 1.77. The number of rotatable bonds is 2. The summed E-state index contributed by atoms with van der Waals surface area (Å²) in [5.41, 5.74) is 8.63. The number of carbonyl (C=O) groups excluding carboxylic acids is 1. The number of hydrogen-bond donors (Lipinski definition) is 2. The van der Waals surface area contributed by atoms with Crippen LogP contribution in [-0.4, -0.2) is 25.9 Å². The third-order valence-electron chi connectivity index (χ3n) is 2.06. The van der Waals surface area contributed by atoms with Gasteiger partial charge in [0.15, 0.2) is 0 Å². The Morgan fingerprint density at radius 3 is 2.88 bits per heavy atom. The minimum absolute atomic E-state index is 0.327. The molecule has 0 aliphatic rings. The van der Waals surface area contributed by atoms with Crippen molar-refractivity contribution in [3.05, 3.63) is 16.9 Å². The maximum Gasteiger partial charge on any atom is 0.277 e. The summed E-state index contributed by atoms with van der Waals surface area (Å²) in [6, 6.07) is 0. The van der Waals surface area contributed by atoms with E-state index >= 15 is 0 Å². The zero-order valence-corrected chi connectivity index (χ0v) is 9.58. The van der Waals surface area contributed by atoms with Crippen molar-refractivity contribution in [2.24, 2.45) is 7.05 Å². The van der Waals surface area contributed by atoms with Gasteiger partial charge in [-0.15, -0.1) is 10.2 Å². The number of nitrogen functional groups attached to an aromatic ring is 1. The summed E-state index contributed by atoms with van der Waals surface area (Å²) in [5.74, 6) is -0.336. The predicted molar refractivity (Wildman–Crippen MR) is 60.2 cm³/mol. The van der Waals surface area contributed by atoms with Crippen LogP contribution in [0.4, 0.5) is 10.8 Å². The van der Waals surface area contributed by atoms with E-state index in [1.165, 1.54) is 21.5 Å². The molecule has 0 radical (unpaired) electrons. The van der Waals surface area contributed by atoms with Gasteiger partial charge in [-0.05, 0) is 6.92 Å². The molecule has 0 unspecified atom stereocenters. The second kappa shape index (κ2) is 3.89. The highest BCUT2D eigenvalue weighted by atomic mass is 32.1. The first kappa shape index (κ1) is 10.6. The number of amides is 1. The van der Waals surface area contributed by atoms with Crippen molar-refractivity contribution in [1.29, 1.82) is 0 Å². The quantitative estimate of drug-likeness (QED) is 0.789. The first-order valence-corrected chi connectivity index (χ1v) is 5.34. The van der Waals surface area contributed by atoms with Crippen molar-refractivity contribution < 1.29 is 4.79 Å². The van der Waals surface area contributed by atoms with Gasteiger partial charge in [0.1, 0.15) is 11.2 Å². The van der Waals surface area contributed by atoms with Gasteiger partial charge in [-0.2, -0.15) is 5.10 Å². The molecule has 0 aromatic carbocycles. The van der Waals surface area contributed by atoms with Crippen LogP contribution in [0, 0.1) is 6.92 Å². The van der Waals surface area contributed by atoms with Crippen LogP contribution >= 0.6 is 11.3 Å². The number of aryl methyl sites for hydroxylation is 2. The molecule has 2 heterocycles. The van der Waals surface area contributed by atoms with Crippen LogP contribution < -0.4 is 11.1 Å². The molecule has 2 aromatic rings.